The van der Waals surface area contributed by atoms with E-state index in [2.05, 4.69) is 22.5 Å². The van der Waals surface area contributed by atoms with Crippen LogP contribution in [-0.4, -0.2) is 65.3 Å². The summed E-state index contributed by atoms with van der Waals surface area (Å²) in [5, 5.41) is 6.24. The summed E-state index contributed by atoms with van der Waals surface area (Å²) in [5.41, 5.74) is 0.899. The summed E-state index contributed by atoms with van der Waals surface area (Å²) in [5.74, 6) is 2.26. The highest BCUT2D eigenvalue weighted by atomic mass is 16.5. The van der Waals surface area contributed by atoms with Gasteiger partial charge in [-0.3, -0.25) is 4.79 Å². The molecule has 0 heterocycles. The van der Waals surface area contributed by atoms with Gasteiger partial charge in [-0.05, 0) is 24.1 Å². The van der Waals surface area contributed by atoms with Crippen molar-refractivity contribution in [3.63, 3.8) is 0 Å². The number of amides is 1. The maximum absolute atomic E-state index is 11.8. The van der Waals surface area contributed by atoms with E-state index < -0.39 is 0 Å². The van der Waals surface area contributed by atoms with E-state index >= 15 is 0 Å². The van der Waals surface area contributed by atoms with Crippen molar-refractivity contribution >= 4 is 11.9 Å². The summed E-state index contributed by atoms with van der Waals surface area (Å²) >= 11 is 0. The number of hydrogen-bond acceptors (Lipinski definition) is 5. The highest BCUT2D eigenvalue weighted by Gasteiger charge is 2.13. The summed E-state index contributed by atoms with van der Waals surface area (Å²) in [7, 11) is 8.16. The summed E-state index contributed by atoms with van der Waals surface area (Å²) in [6, 6.07) is 3.71. The third-order valence-corrected chi connectivity index (χ3v) is 3.59. The number of carbonyl (C=O) groups excluding carboxylic acids is 1. The zero-order valence-electron chi connectivity index (χ0n) is 16.5. The molecule has 1 amide bonds. The molecule has 1 rings (SSSR count). The fourth-order valence-corrected chi connectivity index (χ4v) is 2.13. The first kappa shape index (κ1) is 21.4. The Morgan fingerprint density at radius 2 is 1.69 bits per heavy atom. The molecule has 26 heavy (non-hydrogen) atoms. The van der Waals surface area contributed by atoms with Crippen molar-refractivity contribution in [3.8, 4) is 17.2 Å². The van der Waals surface area contributed by atoms with E-state index in [0.29, 0.717) is 29.8 Å². The van der Waals surface area contributed by atoms with Crippen molar-refractivity contribution in [2.45, 2.75) is 19.9 Å². The molecule has 0 bridgehead atoms. The lowest BCUT2D eigenvalue weighted by Gasteiger charge is -2.15. The van der Waals surface area contributed by atoms with Crippen LogP contribution in [0.2, 0.25) is 0 Å². The second kappa shape index (κ2) is 11.1. The lowest BCUT2D eigenvalue weighted by atomic mass is 10.2. The number of hydrogen-bond donors (Lipinski definition) is 2. The zero-order valence-corrected chi connectivity index (χ0v) is 16.5. The monoisotopic (exact) mass is 366 g/mol. The number of aliphatic imine (C=N–C) groups is 1. The van der Waals surface area contributed by atoms with E-state index in [1.54, 1.807) is 35.4 Å². The summed E-state index contributed by atoms with van der Waals surface area (Å²) < 4.78 is 16.0. The Kier molecular flexibility index (Phi) is 9.11. The topological polar surface area (TPSA) is 84.4 Å². The maximum Gasteiger partial charge on any atom is 0.241 e. The van der Waals surface area contributed by atoms with Crippen molar-refractivity contribution in [2.75, 3.05) is 48.5 Å². The maximum atomic E-state index is 11.8. The third-order valence-electron chi connectivity index (χ3n) is 3.59. The largest absolute Gasteiger partial charge is 0.493 e. The smallest absolute Gasteiger partial charge is 0.241 e. The van der Waals surface area contributed by atoms with E-state index in [4.69, 9.17) is 14.2 Å². The predicted molar refractivity (Wildman–Crippen MR) is 102 cm³/mol. The van der Waals surface area contributed by atoms with Crippen molar-refractivity contribution in [1.82, 2.24) is 15.5 Å². The molecule has 146 valence electrons. The number of nitrogens with zero attached hydrogens (tertiary/aromatic N) is 2. The number of guanidine groups is 1. The molecule has 0 aliphatic heterocycles. The van der Waals surface area contributed by atoms with Crippen LogP contribution in [-0.2, 0) is 11.3 Å². The fraction of sp³-hybridized carbons (Fsp3) is 0.556. The summed E-state index contributed by atoms with van der Waals surface area (Å²) in [6.07, 6.45) is 0.951. The Labute approximate surface area is 155 Å². The quantitative estimate of drug-likeness (QED) is 0.505. The Balaban J connectivity index is 2.94. The van der Waals surface area contributed by atoms with Crippen LogP contribution in [0.15, 0.2) is 17.1 Å². The molecule has 0 fully saturated rings. The molecule has 1 aromatic rings. The first-order valence-electron chi connectivity index (χ1n) is 8.48. The molecule has 0 atom stereocenters. The summed E-state index contributed by atoms with van der Waals surface area (Å²) in [4.78, 5) is 17.8. The van der Waals surface area contributed by atoms with Gasteiger partial charge < -0.3 is 29.7 Å². The first-order valence-corrected chi connectivity index (χ1v) is 8.48. The number of nitrogens with one attached hydrogen (secondary N) is 2. The van der Waals surface area contributed by atoms with E-state index in [9.17, 15) is 4.79 Å². The molecule has 0 aliphatic carbocycles. The van der Waals surface area contributed by atoms with Gasteiger partial charge in [-0.2, -0.15) is 0 Å². The second-order valence-electron chi connectivity index (χ2n) is 5.77. The molecule has 0 aromatic heterocycles. The number of rotatable bonds is 9. The van der Waals surface area contributed by atoms with Gasteiger partial charge in [0.1, 0.15) is 0 Å². The number of carbonyl (C=O) groups is 1. The molecule has 0 aliphatic rings. The Morgan fingerprint density at radius 1 is 1.08 bits per heavy atom. The standard InChI is InChI=1S/C18H30N4O4/c1-7-8-19-18(21-12-16(23)22(2)3)20-11-13-9-14(24-4)17(26-6)15(10-13)25-5/h9-10H,7-8,11-12H2,1-6H3,(H2,19,20,21). The second-order valence-corrected chi connectivity index (χ2v) is 5.77. The fourth-order valence-electron chi connectivity index (χ4n) is 2.13. The SMILES string of the molecule is CCCNC(=NCc1cc(OC)c(OC)c(OC)c1)NCC(=O)N(C)C. The first-order chi connectivity index (χ1) is 12.5. The van der Waals surface area contributed by atoms with Crippen LogP contribution < -0.4 is 24.8 Å². The lowest BCUT2D eigenvalue weighted by Crippen LogP contribution is -2.43. The van der Waals surface area contributed by atoms with Gasteiger partial charge in [0.15, 0.2) is 17.5 Å². The average molecular weight is 366 g/mol. The Bertz CT molecular complexity index is 592. The third kappa shape index (κ3) is 6.34. The number of benzene rings is 1. The minimum Gasteiger partial charge on any atom is -0.493 e. The number of methoxy groups -OCH3 is 3. The molecular weight excluding hydrogens is 336 g/mol. The van der Waals surface area contributed by atoms with Gasteiger partial charge in [0.25, 0.3) is 0 Å². The van der Waals surface area contributed by atoms with E-state index in [0.717, 1.165) is 18.5 Å². The molecule has 0 radical (unpaired) electrons. The van der Waals surface area contributed by atoms with Gasteiger partial charge in [0, 0.05) is 20.6 Å². The van der Waals surface area contributed by atoms with Crippen LogP contribution in [0.5, 0.6) is 17.2 Å². The highest BCUT2D eigenvalue weighted by Crippen LogP contribution is 2.38. The van der Waals surface area contributed by atoms with E-state index in [-0.39, 0.29) is 12.5 Å². The van der Waals surface area contributed by atoms with Gasteiger partial charge in [0.05, 0.1) is 34.4 Å². The minimum absolute atomic E-state index is 0.0243. The molecule has 2 N–H and O–H groups in total. The number of ether oxygens (including phenoxy) is 3. The molecule has 8 heteroatoms. The van der Waals surface area contributed by atoms with Crippen molar-refractivity contribution in [1.29, 1.82) is 0 Å². The van der Waals surface area contributed by atoms with Gasteiger partial charge >= 0.3 is 0 Å². The predicted octanol–water partition coefficient (Wildman–Crippen LogP) is 1.25. The Morgan fingerprint density at radius 3 is 2.15 bits per heavy atom. The highest BCUT2D eigenvalue weighted by molar-refractivity contribution is 5.86. The molecule has 8 nitrogen and oxygen atoms in total. The van der Waals surface area contributed by atoms with E-state index in [1.165, 1.54) is 4.90 Å². The molecule has 0 saturated carbocycles. The van der Waals surface area contributed by atoms with Crippen LogP contribution in [0.1, 0.15) is 18.9 Å². The van der Waals surface area contributed by atoms with Gasteiger partial charge in [-0.15, -0.1) is 0 Å². The van der Waals surface area contributed by atoms with Gasteiger partial charge in [0.2, 0.25) is 11.7 Å². The minimum atomic E-state index is -0.0243. The normalized spacial score (nSPS) is 10.9. The Hall–Kier alpha value is -2.64. The van der Waals surface area contributed by atoms with Crippen molar-refractivity contribution < 1.29 is 19.0 Å². The molecule has 0 spiro atoms. The van der Waals surface area contributed by atoms with Gasteiger partial charge in [-0.25, -0.2) is 4.99 Å². The molecule has 0 saturated heterocycles. The van der Waals surface area contributed by atoms with Crippen LogP contribution in [0.3, 0.4) is 0 Å². The van der Waals surface area contributed by atoms with Crippen LogP contribution in [0, 0.1) is 0 Å². The van der Waals surface area contributed by atoms with Crippen LogP contribution in [0.25, 0.3) is 0 Å². The summed E-state index contributed by atoms with van der Waals surface area (Å²) in [6.45, 7) is 3.40. The van der Waals surface area contributed by atoms with Gasteiger partial charge in [-0.1, -0.05) is 6.92 Å². The molecular formula is C18H30N4O4. The van der Waals surface area contributed by atoms with Crippen molar-refractivity contribution in [3.05, 3.63) is 17.7 Å². The molecule has 1 aromatic carbocycles. The van der Waals surface area contributed by atoms with Crippen molar-refractivity contribution in [2.24, 2.45) is 4.99 Å². The van der Waals surface area contributed by atoms with Crippen LogP contribution >= 0.6 is 0 Å². The van der Waals surface area contributed by atoms with Crippen LogP contribution in [0.4, 0.5) is 0 Å². The zero-order chi connectivity index (χ0) is 19.5. The average Bonchev–Trinajstić information content (AvgIpc) is 2.65. The lowest BCUT2D eigenvalue weighted by molar-refractivity contribution is -0.127. The van der Waals surface area contributed by atoms with E-state index in [1.807, 2.05) is 12.1 Å². The molecule has 0 unspecified atom stereocenters. The number of likely N-dealkylation sites (N-methyl/N-ethyl adjacent to an activating group) is 1.